The van der Waals surface area contributed by atoms with Crippen molar-refractivity contribution in [1.29, 1.82) is 0 Å². The highest BCUT2D eigenvalue weighted by Gasteiger charge is 2.50. The Morgan fingerprint density at radius 2 is 1.94 bits per heavy atom. The number of anilines is 1. The third-order valence-electron chi connectivity index (χ3n) is 6.90. The van der Waals surface area contributed by atoms with Gasteiger partial charge < -0.3 is 19.9 Å². The molecule has 1 amide bonds. The number of aliphatic hydroxyl groups is 1. The number of likely N-dealkylation sites (tertiary alicyclic amines) is 1. The number of nitrogens with zero attached hydrogens (tertiary/aromatic N) is 1. The van der Waals surface area contributed by atoms with E-state index in [2.05, 4.69) is 10.2 Å². The van der Waals surface area contributed by atoms with E-state index in [0.29, 0.717) is 23.7 Å². The molecule has 0 radical (unpaired) electrons. The molecule has 1 aliphatic heterocycles. The molecule has 1 heterocycles. The summed E-state index contributed by atoms with van der Waals surface area (Å²) in [7, 11) is 3.29. The lowest BCUT2D eigenvalue weighted by Gasteiger charge is -2.52. The molecule has 3 atom stereocenters. The van der Waals surface area contributed by atoms with E-state index in [0.717, 1.165) is 42.7 Å². The van der Waals surface area contributed by atoms with Gasteiger partial charge in [0.15, 0.2) is 0 Å². The van der Waals surface area contributed by atoms with Gasteiger partial charge in [-0.2, -0.15) is 0 Å². The number of nitrogens with one attached hydrogen (secondary N) is 1. The van der Waals surface area contributed by atoms with Crippen molar-refractivity contribution in [3.63, 3.8) is 0 Å². The predicted octanol–water partition coefficient (Wildman–Crippen LogP) is 4.66. The smallest absolute Gasteiger partial charge is 0.238 e. The van der Waals surface area contributed by atoms with E-state index in [-0.39, 0.29) is 24.4 Å². The van der Waals surface area contributed by atoms with Crippen LogP contribution in [0.25, 0.3) is 0 Å². The lowest BCUT2D eigenvalue weighted by molar-refractivity contribution is -0.135. The van der Waals surface area contributed by atoms with Crippen molar-refractivity contribution in [2.24, 2.45) is 5.92 Å². The number of ether oxygens (including phenoxy) is 2. The van der Waals surface area contributed by atoms with Crippen LogP contribution in [0, 0.1) is 5.92 Å². The Morgan fingerprint density at radius 1 is 1.16 bits per heavy atom. The lowest BCUT2D eigenvalue weighted by atomic mass is 9.66. The van der Waals surface area contributed by atoms with Crippen LogP contribution < -0.4 is 14.8 Å². The van der Waals surface area contributed by atoms with Gasteiger partial charge in [0.05, 0.1) is 26.4 Å². The zero-order valence-electron chi connectivity index (χ0n) is 18.6. The number of benzene rings is 2. The third-order valence-corrected chi connectivity index (χ3v) is 7.15. The first-order valence-electron chi connectivity index (χ1n) is 11.2. The first kappa shape index (κ1) is 22.9. The zero-order chi connectivity index (χ0) is 22.7. The van der Waals surface area contributed by atoms with Crippen molar-refractivity contribution in [3.05, 3.63) is 53.1 Å². The van der Waals surface area contributed by atoms with Gasteiger partial charge >= 0.3 is 0 Å². The number of hydrogen-bond donors (Lipinski definition) is 2. The molecule has 2 aromatic rings. The van der Waals surface area contributed by atoms with E-state index < -0.39 is 5.60 Å². The molecule has 1 saturated carbocycles. The van der Waals surface area contributed by atoms with E-state index >= 15 is 0 Å². The summed E-state index contributed by atoms with van der Waals surface area (Å²) in [6, 6.07) is 12.7. The van der Waals surface area contributed by atoms with Gasteiger partial charge in [-0.1, -0.05) is 24.4 Å². The number of methoxy groups -OCH3 is 2. The van der Waals surface area contributed by atoms with Gasteiger partial charge in [-0.25, -0.2) is 0 Å². The minimum atomic E-state index is -0.722. The van der Waals surface area contributed by atoms with Gasteiger partial charge in [-0.3, -0.25) is 9.69 Å². The van der Waals surface area contributed by atoms with Crippen molar-refractivity contribution >= 4 is 23.2 Å². The number of rotatable bonds is 6. The molecule has 32 heavy (non-hydrogen) atoms. The fourth-order valence-corrected chi connectivity index (χ4v) is 5.45. The second-order valence-electron chi connectivity index (χ2n) is 8.78. The highest BCUT2D eigenvalue weighted by Crippen LogP contribution is 2.51. The second-order valence-corrected chi connectivity index (χ2v) is 9.22. The summed E-state index contributed by atoms with van der Waals surface area (Å²) in [5.41, 5.74) is 0.942. The van der Waals surface area contributed by atoms with Gasteiger partial charge in [0, 0.05) is 34.8 Å². The maximum atomic E-state index is 13.0. The molecule has 0 aromatic heterocycles. The zero-order valence-corrected chi connectivity index (χ0v) is 19.4. The fourth-order valence-electron chi connectivity index (χ4n) is 5.32. The minimum absolute atomic E-state index is 0.0225. The van der Waals surface area contributed by atoms with Crippen molar-refractivity contribution < 1.29 is 19.4 Å². The lowest BCUT2D eigenvalue weighted by Crippen LogP contribution is -2.56. The molecule has 0 bridgehead atoms. The molecular weight excluding hydrogens is 428 g/mol. The molecule has 1 saturated heterocycles. The molecule has 1 aliphatic carbocycles. The maximum absolute atomic E-state index is 13.0. The SMILES string of the molecule is COc1ccc(OC)c(C2C3CCCCC3(O)CCN2CC(=O)Nc2ccc(Cl)cc2)c1. The highest BCUT2D eigenvalue weighted by molar-refractivity contribution is 6.30. The van der Waals surface area contributed by atoms with Crippen molar-refractivity contribution in [3.8, 4) is 11.5 Å². The van der Waals surface area contributed by atoms with Crippen LogP contribution in [-0.4, -0.2) is 48.8 Å². The molecule has 3 unspecified atom stereocenters. The first-order valence-corrected chi connectivity index (χ1v) is 11.5. The molecule has 2 N–H and O–H groups in total. The molecule has 172 valence electrons. The Labute approximate surface area is 194 Å². The van der Waals surface area contributed by atoms with E-state index in [9.17, 15) is 9.90 Å². The van der Waals surface area contributed by atoms with E-state index in [1.807, 2.05) is 18.2 Å². The second kappa shape index (κ2) is 9.69. The number of carbonyl (C=O) groups excluding carboxylic acids is 1. The van der Waals surface area contributed by atoms with Crippen molar-refractivity contribution in [2.75, 3.05) is 32.6 Å². The number of piperidine rings is 1. The van der Waals surface area contributed by atoms with Gasteiger partial charge in [0.2, 0.25) is 5.91 Å². The average Bonchev–Trinajstić information content (AvgIpc) is 2.80. The van der Waals surface area contributed by atoms with Crippen LogP contribution in [0.3, 0.4) is 0 Å². The number of hydrogen-bond acceptors (Lipinski definition) is 5. The van der Waals surface area contributed by atoms with Crippen LogP contribution >= 0.6 is 11.6 Å². The number of halogens is 1. The summed E-state index contributed by atoms with van der Waals surface area (Å²) >= 11 is 5.96. The predicted molar refractivity (Wildman–Crippen MR) is 125 cm³/mol. The summed E-state index contributed by atoms with van der Waals surface area (Å²) in [6.07, 6.45) is 4.48. The summed E-state index contributed by atoms with van der Waals surface area (Å²) in [5.74, 6) is 1.40. The Hall–Kier alpha value is -2.28. The van der Waals surface area contributed by atoms with Crippen LogP contribution in [0.5, 0.6) is 11.5 Å². The summed E-state index contributed by atoms with van der Waals surface area (Å²) in [5, 5.41) is 15.1. The summed E-state index contributed by atoms with van der Waals surface area (Å²) in [4.78, 5) is 15.1. The largest absolute Gasteiger partial charge is 0.497 e. The molecule has 4 rings (SSSR count). The Bertz CT molecular complexity index is 951. The molecule has 2 fully saturated rings. The molecule has 7 heteroatoms. The topological polar surface area (TPSA) is 71.0 Å². The summed E-state index contributed by atoms with van der Waals surface area (Å²) < 4.78 is 11.2. The van der Waals surface area contributed by atoms with Crippen molar-refractivity contribution in [1.82, 2.24) is 4.90 Å². The van der Waals surface area contributed by atoms with Crippen LogP contribution in [0.1, 0.15) is 43.7 Å². The monoisotopic (exact) mass is 458 g/mol. The van der Waals surface area contributed by atoms with E-state index in [1.54, 1.807) is 38.5 Å². The Morgan fingerprint density at radius 3 is 2.66 bits per heavy atom. The third kappa shape index (κ3) is 4.72. The van der Waals surface area contributed by atoms with Crippen LogP contribution in [0.4, 0.5) is 5.69 Å². The Balaban J connectivity index is 1.64. The molecular formula is C25H31ClN2O4. The van der Waals surface area contributed by atoms with Crippen LogP contribution in [0.15, 0.2) is 42.5 Å². The van der Waals surface area contributed by atoms with Crippen molar-refractivity contribution in [2.45, 2.75) is 43.7 Å². The molecule has 6 nitrogen and oxygen atoms in total. The van der Waals surface area contributed by atoms with Gasteiger partial charge in [-0.15, -0.1) is 0 Å². The number of fused-ring (bicyclic) bond motifs is 1. The average molecular weight is 459 g/mol. The first-order chi connectivity index (χ1) is 15.4. The normalized spacial score (nSPS) is 25.6. The number of amides is 1. The molecule has 2 aromatic carbocycles. The summed E-state index contributed by atoms with van der Waals surface area (Å²) in [6.45, 7) is 0.853. The molecule has 0 spiro atoms. The van der Waals surface area contributed by atoms with Gasteiger partial charge in [-0.05, 0) is 61.7 Å². The minimum Gasteiger partial charge on any atom is -0.497 e. The van der Waals surface area contributed by atoms with E-state index in [1.165, 1.54) is 0 Å². The molecule has 2 aliphatic rings. The van der Waals surface area contributed by atoms with E-state index in [4.69, 9.17) is 21.1 Å². The standard InChI is InChI=1S/C25H31ClN2O4/c1-31-19-10-11-22(32-2)20(15-19)24-21-5-3-4-12-25(21,30)13-14-28(24)16-23(29)27-18-8-6-17(26)7-9-18/h6-11,15,21,24,30H,3-5,12-14,16H2,1-2H3,(H,27,29). The Kier molecular flexibility index (Phi) is 6.93. The van der Waals surface area contributed by atoms with Crippen LogP contribution in [0.2, 0.25) is 5.02 Å². The number of carbonyl (C=O) groups is 1. The van der Waals surface area contributed by atoms with Crippen LogP contribution in [-0.2, 0) is 4.79 Å². The van der Waals surface area contributed by atoms with Gasteiger partial charge in [0.25, 0.3) is 0 Å². The quantitative estimate of drug-likeness (QED) is 0.658. The van der Waals surface area contributed by atoms with Gasteiger partial charge in [0.1, 0.15) is 11.5 Å². The fraction of sp³-hybridized carbons (Fsp3) is 0.480. The highest BCUT2D eigenvalue weighted by atomic mass is 35.5. The maximum Gasteiger partial charge on any atom is 0.238 e.